The van der Waals surface area contributed by atoms with E-state index >= 15 is 0 Å². The third-order valence-corrected chi connectivity index (χ3v) is 13.1. The second-order valence-corrected chi connectivity index (χ2v) is 14.1. The molecule has 0 spiro atoms. The second-order valence-electron chi connectivity index (χ2n) is 7.75. The van der Waals surface area contributed by atoms with E-state index in [9.17, 15) is 8.42 Å². The Morgan fingerprint density at radius 3 is 1.31 bits per heavy atom. The molecular formula is C27H25O3PS. The summed E-state index contributed by atoms with van der Waals surface area (Å²) in [7, 11) is -4.06. The molecule has 4 aromatic rings. The van der Waals surface area contributed by atoms with Crippen molar-refractivity contribution in [3.63, 3.8) is 0 Å². The Kier molecular flexibility index (Phi) is 6.12. The molecule has 0 aliphatic carbocycles. The fraction of sp³-hybridized carbons (Fsp3) is 0.0370. The molecule has 0 radical (unpaired) electrons. The van der Waals surface area contributed by atoms with Gasteiger partial charge < -0.3 is 0 Å². The number of hydrogen-bond acceptors (Lipinski definition) is 3. The first-order valence-corrected chi connectivity index (χ1v) is 14.4. The number of benzene rings is 4. The van der Waals surface area contributed by atoms with Crippen LogP contribution in [0.15, 0.2) is 127 Å². The SMILES string of the molecule is CP(OS(=O)(=O)C=Cc1ccccc1)(c1ccccc1)(c1ccccc1)c1ccccc1. The van der Waals surface area contributed by atoms with Gasteiger partial charge >= 0.3 is 190 Å². The molecule has 5 heteroatoms. The Morgan fingerprint density at radius 2 is 0.938 bits per heavy atom. The summed E-state index contributed by atoms with van der Waals surface area (Å²) in [5.74, 6) is 0. The molecule has 4 rings (SSSR count). The van der Waals surface area contributed by atoms with E-state index in [0.29, 0.717) is 0 Å². The van der Waals surface area contributed by atoms with Gasteiger partial charge in [0.15, 0.2) is 0 Å². The molecule has 0 aliphatic rings. The zero-order valence-electron chi connectivity index (χ0n) is 17.8. The van der Waals surface area contributed by atoms with Gasteiger partial charge in [-0.25, -0.2) is 0 Å². The van der Waals surface area contributed by atoms with E-state index < -0.39 is 16.9 Å². The van der Waals surface area contributed by atoms with Gasteiger partial charge in [-0.1, -0.05) is 0 Å². The zero-order valence-corrected chi connectivity index (χ0v) is 19.5. The van der Waals surface area contributed by atoms with Crippen LogP contribution in [-0.2, 0) is 14.1 Å². The molecule has 0 aliphatic heterocycles. The average molecular weight is 461 g/mol. The summed E-state index contributed by atoms with van der Waals surface area (Å²) in [4.78, 5) is 0. The van der Waals surface area contributed by atoms with Gasteiger partial charge in [0.2, 0.25) is 0 Å². The van der Waals surface area contributed by atoms with Crippen LogP contribution >= 0.6 is 6.83 Å². The molecule has 0 amide bonds. The molecule has 3 nitrogen and oxygen atoms in total. The molecule has 0 saturated heterocycles. The summed E-state index contributed by atoms with van der Waals surface area (Å²) < 4.78 is 33.3. The molecule has 0 saturated carbocycles. The van der Waals surface area contributed by atoms with Crippen LogP contribution in [0.4, 0.5) is 0 Å². The Morgan fingerprint density at radius 1 is 0.594 bits per heavy atom. The molecule has 0 N–H and O–H groups in total. The minimum absolute atomic E-state index is 0.787. The van der Waals surface area contributed by atoms with Crippen LogP contribution in [0, 0.1) is 0 Å². The molecule has 0 fully saturated rings. The van der Waals surface area contributed by atoms with Crippen LogP contribution in [0.1, 0.15) is 5.56 Å². The predicted octanol–water partition coefficient (Wildman–Crippen LogP) is 5.08. The Balaban J connectivity index is 1.97. The molecule has 162 valence electrons. The zero-order chi connectivity index (χ0) is 22.5. The van der Waals surface area contributed by atoms with Crippen molar-refractivity contribution in [2.75, 3.05) is 6.66 Å². The van der Waals surface area contributed by atoms with Crippen molar-refractivity contribution in [3.05, 3.63) is 132 Å². The van der Waals surface area contributed by atoms with Gasteiger partial charge in [0.1, 0.15) is 0 Å². The summed E-state index contributed by atoms with van der Waals surface area (Å²) >= 11 is 0. The second kappa shape index (κ2) is 8.84. The minimum atomic E-state index is -4.06. The third kappa shape index (κ3) is 4.18. The summed E-state index contributed by atoms with van der Waals surface area (Å²) in [6.45, 7) is -1.90. The van der Waals surface area contributed by atoms with E-state index in [1.165, 1.54) is 0 Å². The first kappa shape index (κ1) is 22.2. The Labute approximate surface area is 190 Å². The van der Waals surface area contributed by atoms with E-state index in [2.05, 4.69) is 0 Å². The monoisotopic (exact) mass is 460 g/mol. The fourth-order valence-corrected chi connectivity index (χ4v) is 11.1. The first-order chi connectivity index (χ1) is 15.4. The van der Waals surface area contributed by atoms with Crippen molar-refractivity contribution >= 4 is 38.9 Å². The van der Waals surface area contributed by atoms with Crippen LogP contribution < -0.4 is 15.9 Å². The van der Waals surface area contributed by atoms with Gasteiger partial charge in [-0.15, -0.1) is 0 Å². The molecule has 4 aromatic carbocycles. The van der Waals surface area contributed by atoms with Gasteiger partial charge in [-0.2, -0.15) is 0 Å². The van der Waals surface area contributed by atoms with Crippen molar-refractivity contribution in [2.45, 2.75) is 0 Å². The van der Waals surface area contributed by atoms with E-state index in [1.54, 1.807) is 6.08 Å². The maximum atomic E-state index is 13.5. The van der Waals surface area contributed by atoms with Crippen molar-refractivity contribution in [1.29, 1.82) is 0 Å². The van der Waals surface area contributed by atoms with Gasteiger partial charge in [0, 0.05) is 0 Å². The summed E-state index contributed by atoms with van der Waals surface area (Å²) in [5, 5.41) is 3.68. The molecular weight excluding hydrogens is 435 g/mol. The van der Waals surface area contributed by atoms with Crippen LogP contribution in [0.5, 0.6) is 0 Å². The summed E-state index contributed by atoms with van der Waals surface area (Å²) in [5.41, 5.74) is 0.787. The van der Waals surface area contributed by atoms with Crippen LogP contribution in [0.25, 0.3) is 6.08 Å². The van der Waals surface area contributed by atoms with Crippen molar-refractivity contribution < 1.29 is 12.4 Å². The van der Waals surface area contributed by atoms with Crippen molar-refractivity contribution in [3.8, 4) is 0 Å². The van der Waals surface area contributed by atoms with Gasteiger partial charge in [-0.3, -0.25) is 0 Å². The van der Waals surface area contributed by atoms with Crippen LogP contribution in [-0.4, -0.2) is 15.1 Å². The van der Waals surface area contributed by atoms with Crippen molar-refractivity contribution in [1.82, 2.24) is 0 Å². The standard InChI is InChI=1S/C27H25O3PS/c1-31(25-16-8-3-9-17-25,26-18-10-4-11-19-26,27-20-12-5-13-21-27)30-32(28,29)23-22-24-14-6-2-7-15-24/h2-23H,1H3. The maximum absolute atomic E-state index is 13.5. The summed E-state index contributed by atoms with van der Waals surface area (Å²) in [6.07, 6.45) is 1.57. The van der Waals surface area contributed by atoms with E-state index in [4.69, 9.17) is 3.97 Å². The third-order valence-electron chi connectivity index (χ3n) is 5.65. The topological polar surface area (TPSA) is 43.4 Å². The molecule has 32 heavy (non-hydrogen) atoms. The summed E-state index contributed by atoms with van der Waals surface area (Å²) in [6, 6.07) is 38.3. The number of hydrogen-bond donors (Lipinski definition) is 0. The molecule has 0 unspecified atom stereocenters. The predicted molar refractivity (Wildman–Crippen MR) is 137 cm³/mol. The van der Waals surface area contributed by atoms with Crippen molar-refractivity contribution in [2.24, 2.45) is 0 Å². The van der Waals surface area contributed by atoms with Gasteiger partial charge in [-0.05, 0) is 0 Å². The van der Waals surface area contributed by atoms with Crippen LogP contribution in [0.2, 0.25) is 0 Å². The molecule has 0 aromatic heterocycles. The number of rotatable bonds is 7. The molecule has 0 atom stereocenters. The molecule has 0 bridgehead atoms. The quantitative estimate of drug-likeness (QED) is 0.362. The van der Waals surface area contributed by atoms with Gasteiger partial charge in [0.25, 0.3) is 0 Å². The normalized spacial score (nSPS) is 13.5. The van der Waals surface area contributed by atoms with Gasteiger partial charge in [0.05, 0.1) is 0 Å². The Bertz CT molecular complexity index is 1210. The van der Waals surface area contributed by atoms with E-state index in [1.807, 2.05) is 128 Å². The van der Waals surface area contributed by atoms with E-state index in [-0.39, 0.29) is 0 Å². The molecule has 0 heterocycles. The van der Waals surface area contributed by atoms with Crippen LogP contribution in [0.3, 0.4) is 0 Å². The Hall–Kier alpha value is -3.04. The first-order valence-electron chi connectivity index (χ1n) is 10.3. The average Bonchev–Trinajstić information content (AvgIpc) is 2.85. The fourth-order valence-electron chi connectivity index (χ4n) is 3.95. The van der Waals surface area contributed by atoms with E-state index in [0.717, 1.165) is 26.9 Å².